The fourth-order valence-corrected chi connectivity index (χ4v) is 2.99. The lowest BCUT2D eigenvalue weighted by atomic mass is 10.1. The molecule has 0 radical (unpaired) electrons. The van der Waals surface area contributed by atoms with Crippen LogP contribution in [0.1, 0.15) is 23.3 Å². The fourth-order valence-electron chi connectivity index (χ4n) is 2.99. The molecule has 1 aliphatic heterocycles. The van der Waals surface area contributed by atoms with Crippen molar-refractivity contribution >= 4 is 5.91 Å². The number of hydrogen-bond acceptors (Lipinski definition) is 4. The van der Waals surface area contributed by atoms with E-state index in [1.807, 2.05) is 0 Å². The van der Waals surface area contributed by atoms with Crippen molar-refractivity contribution in [1.29, 1.82) is 0 Å². The lowest BCUT2D eigenvalue weighted by Crippen LogP contribution is -2.32. The van der Waals surface area contributed by atoms with Gasteiger partial charge in [-0.2, -0.15) is 13.2 Å². The van der Waals surface area contributed by atoms with Crippen molar-refractivity contribution in [2.45, 2.75) is 32.0 Å². The van der Waals surface area contributed by atoms with Gasteiger partial charge in [0.1, 0.15) is 17.6 Å². The van der Waals surface area contributed by atoms with Crippen molar-refractivity contribution in [3.63, 3.8) is 0 Å². The second kappa shape index (κ2) is 7.46. The Balaban J connectivity index is 1.56. The molecule has 8 heteroatoms. The number of alkyl halides is 3. The number of amides is 1. The SMILES string of the molecule is Cc1cc(OC2CCN(C(=O)Cc3ccc(C(F)(F)F)cc3)C2)cc(=O)o1. The Morgan fingerprint density at radius 3 is 2.59 bits per heavy atom. The predicted octanol–water partition coefficient (Wildman–Crippen LogP) is 3.19. The van der Waals surface area contributed by atoms with Gasteiger partial charge < -0.3 is 14.1 Å². The molecule has 2 aromatic rings. The van der Waals surface area contributed by atoms with Crippen molar-refractivity contribution in [2.24, 2.45) is 0 Å². The number of benzene rings is 1. The summed E-state index contributed by atoms with van der Waals surface area (Å²) in [6.45, 7) is 2.49. The quantitative estimate of drug-likeness (QED) is 0.816. The minimum atomic E-state index is -4.39. The van der Waals surface area contributed by atoms with Crippen LogP contribution in [0.3, 0.4) is 0 Å². The zero-order valence-corrected chi connectivity index (χ0v) is 14.6. The van der Waals surface area contributed by atoms with E-state index in [4.69, 9.17) is 9.15 Å². The zero-order valence-electron chi connectivity index (χ0n) is 14.6. The number of ether oxygens (including phenoxy) is 1. The summed E-state index contributed by atoms with van der Waals surface area (Å²) in [5.74, 6) is 0.654. The molecule has 27 heavy (non-hydrogen) atoms. The molecule has 0 saturated carbocycles. The van der Waals surface area contributed by atoms with Crippen LogP contribution in [0.15, 0.2) is 45.6 Å². The van der Waals surface area contributed by atoms with Gasteiger partial charge in [0.05, 0.1) is 24.6 Å². The predicted molar refractivity (Wildman–Crippen MR) is 90.5 cm³/mol. The molecule has 3 rings (SSSR count). The van der Waals surface area contributed by atoms with E-state index in [-0.39, 0.29) is 18.4 Å². The maximum Gasteiger partial charge on any atom is 0.416 e. The van der Waals surface area contributed by atoms with Crippen LogP contribution in [0.5, 0.6) is 5.75 Å². The highest BCUT2D eigenvalue weighted by molar-refractivity contribution is 5.79. The molecule has 1 unspecified atom stereocenters. The Hall–Kier alpha value is -2.77. The van der Waals surface area contributed by atoms with Crippen molar-refractivity contribution in [2.75, 3.05) is 13.1 Å². The first-order valence-corrected chi connectivity index (χ1v) is 8.43. The number of halogens is 3. The summed E-state index contributed by atoms with van der Waals surface area (Å²) < 4.78 is 48.4. The summed E-state index contributed by atoms with van der Waals surface area (Å²) in [6.07, 6.45) is -4.01. The molecule has 5 nitrogen and oxygen atoms in total. The van der Waals surface area contributed by atoms with Crippen molar-refractivity contribution in [3.05, 3.63) is 63.7 Å². The Labute approximate surface area is 153 Å². The Morgan fingerprint density at radius 1 is 1.26 bits per heavy atom. The average Bonchev–Trinajstić information content (AvgIpc) is 3.02. The van der Waals surface area contributed by atoms with E-state index in [9.17, 15) is 22.8 Å². The van der Waals surface area contributed by atoms with Gasteiger partial charge in [0, 0.05) is 19.0 Å². The molecule has 2 heterocycles. The largest absolute Gasteiger partial charge is 0.488 e. The lowest BCUT2D eigenvalue weighted by molar-refractivity contribution is -0.137. The van der Waals surface area contributed by atoms with Crippen LogP contribution >= 0.6 is 0 Å². The van der Waals surface area contributed by atoms with E-state index < -0.39 is 17.4 Å². The molecule has 1 fully saturated rings. The number of carbonyl (C=O) groups is 1. The van der Waals surface area contributed by atoms with Crippen molar-refractivity contribution in [3.8, 4) is 5.75 Å². The number of aryl methyl sites for hydroxylation is 1. The van der Waals surface area contributed by atoms with Gasteiger partial charge in [0.15, 0.2) is 0 Å². The minimum Gasteiger partial charge on any atom is -0.488 e. The highest BCUT2D eigenvalue weighted by Crippen LogP contribution is 2.29. The van der Waals surface area contributed by atoms with Gasteiger partial charge in [-0.3, -0.25) is 4.79 Å². The van der Waals surface area contributed by atoms with Crippen LogP contribution in [0.4, 0.5) is 13.2 Å². The lowest BCUT2D eigenvalue weighted by Gasteiger charge is -2.17. The summed E-state index contributed by atoms with van der Waals surface area (Å²) in [7, 11) is 0. The first kappa shape index (κ1) is 19.0. The van der Waals surface area contributed by atoms with E-state index in [1.54, 1.807) is 17.9 Å². The molecule has 1 amide bonds. The van der Waals surface area contributed by atoms with Crippen LogP contribution in [-0.2, 0) is 17.4 Å². The summed E-state index contributed by atoms with van der Waals surface area (Å²) in [6, 6.07) is 7.44. The van der Waals surface area contributed by atoms with E-state index in [0.29, 0.717) is 36.6 Å². The Kier molecular flexibility index (Phi) is 5.25. The van der Waals surface area contributed by atoms with Crippen LogP contribution in [-0.4, -0.2) is 30.0 Å². The summed E-state index contributed by atoms with van der Waals surface area (Å²) in [5.41, 5.74) is -0.720. The summed E-state index contributed by atoms with van der Waals surface area (Å²) >= 11 is 0. The third-order valence-corrected chi connectivity index (χ3v) is 4.30. The van der Waals surface area contributed by atoms with Crippen molar-refractivity contribution in [1.82, 2.24) is 4.90 Å². The van der Waals surface area contributed by atoms with Gasteiger partial charge in [0.25, 0.3) is 0 Å². The first-order chi connectivity index (χ1) is 12.7. The number of nitrogens with zero attached hydrogens (tertiary/aromatic N) is 1. The maximum atomic E-state index is 12.6. The fraction of sp³-hybridized carbons (Fsp3) is 0.368. The molecule has 0 aliphatic carbocycles. The third kappa shape index (κ3) is 4.90. The van der Waals surface area contributed by atoms with Gasteiger partial charge in [-0.05, 0) is 24.6 Å². The molecule has 0 spiro atoms. The van der Waals surface area contributed by atoms with Crippen LogP contribution < -0.4 is 10.4 Å². The van der Waals surface area contributed by atoms with Gasteiger partial charge in [0.2, 0.25) is 5.91 Å². The Bertz CT molecular complexity index is 874. The topological polar surface area (TPSA) is 59.8 Å². The van der Waals surface area contributed by atoms with E-state index >= 15 is 0 Å². The number of hydrogen-bond donors (Lipinski definition) is 0. The minimum absolute atomic E-state index is 0.0267. The zero-order chi connectivity index (χ0) is 19.6. The van der Waals surface area contributed by atoms with Crippen molar-refractivity contribution < 1.29 is 27.1 Å². The monoisotopic (exact) mass is 381 g/mol. The van der Waals surface area contributed by atoms with Gasteiger partial charge in [-0.25, -0.2) is 4.79 Å². The molecular formula is C19H18F3NO4. The second-order valence-corrected chi connectivity index (χ2v) is 6.46. The molecule has 0 N–H and O–H groups in total. The summed E-state index contributed by atoms with van der Waals surface area (Å²) in [5, 5.41) is 0. The molecule has 1 atom stereocenters. The second-order valence-electron chi connectivity index (χ2n) is 6.46. The van der Waals surface area contributed by atoms with Crippen LogP contribution in [0.25, 0.3) is 0 Å². The maximum absolute atomic E-state index is 12.6. The van der Waals surface area contributed by atoms with E-state index in [0.717, 1.165) is 12.1 Å². The number of carbonyl (C=O) groups excluding carboxylic acids is 1. The molecule has 1 aromatic heterocycles. The Morgan fingerprint density at radius 2 is 1.96 bits per heavy atom. The molecular weight excluding hydrogens is 363 g/mol. The van der Waals surface area contributed by atoms with Crippen LogP contribution in [0.2, 0.25) is 0 Å². The standard InChI is InChI=1S/C19H18F3NO4/c1-12-8-16(10-18(25)26-12)27-15-6-7-23(11-15)17(24)9-13-2-4-14(5-3-13)19(20,21)22/h2-5,8,10,15H,6-7,9,11H2,1H3. The normalized spacial score (nSPS) is 17.2. The molecule has 1 aromatic carbocycles. The smallest absolute Gasteiger partial charge is 0.416 e. The van der Waals surface area contributed by atoms with E-state index in [2.05, 4.69) is 0 Å². The molecule has 0 bridgehead atoms. The average molecular weight is 381 g/mol. The first-order valence-electron chi connectivity index (χ1n) is 8.43. The van der Waals surface area contributed by atoms with E-state index in [1.165, 1.54) is 18.2 Å². The van der Waals surface area contributed by atoms with Gasteiger partial charge in [-0.1, -0.05) is 12.1 Å². The molecule has 144 valence electrons. The third-order valence-electron chi connectivity index (χ3n) is 4.30. The highest BCUT2D eigenvalue weighted by Gasteiger charge is 2.31. The molecule has 1 saturated heterocycles. The van der Waals surface area contributed by atoms with Gasteiger partial charge in [-0.15, -0.1) is 0 Å². The van der Waals surface area contributed by atoms with Crippen LogP contribution in [0, 0.1) is 6.92 Å². The molecule has 1 aliphatic rings. The number of likely N-dealkylation sites (tertiary alicyclic amines) is 1. The summed E-state index contributed by atoms with van der Waals surface area (Å²) in [4.78, 5) is 25.4. The van der Waals surface area contributed by atoms with Gasteiger partial charge >= 0.3 is 11.8 Å². The number of rotatable bonds is 4. The highest BCUT2D eigenvalue weighted by atomic mass is 19.4.